The lowest BCUT2D eigenvalue weighted by Gasteiger charge is -2.11. The van der Waals surface area contributed by atoms with E-state index in [0.717, 1.165) is 35.2 Å². The van der Waals surface area contributed by atoms with Crippen molar-refractivity contribution in [2.75, 3.05) is 13.4 Å². The Morgan fingerprint density at radius 1 is 1.38 bits per heavy atom. The van der Waals surface area contributed by atoms with E-state index >= 15 is 0 Å². The summed E-state index contributed by atoms with van der Waals surface area (Å²) in [4.78, 5) is 0. The Labute approximate surface area is 104 Å². The van der Waals surface area contributed by atoms with Crippen molar-refractivity contribution in [2.45, 2.75) is 26.2 Å². The number of ether oxygens (including phenoxy) is 2. The van der Waals surface area contributed by atoms with Crippen molar-refractivity contribution in [3.8, 4) is 11.5 Å². The summed E-state index contributed by atoms with van der Waals surface area (Å²) in [7, 11) is 0. The summed E-state index contributed by atoms with van der Waals surface area (Å²) in [6, 6.07) is 2.07. The summed E-state index contributed by atoms with van der Waals surface area (Å²) >= 11 is 3.49. The van der Waals surface area contributed by atoms with E-state index in [-0.39, 0.29) is 6.61 Å². The van der Waals surface area contributed by atoms with Crippen molar-refractivity contribution in [3.05, 3.63) is 21.7 Å². The standard InChI is InChI=1S/C12H15BrO3/c1-2-9-8(4-3-5-14)6-10(13)12-11(9)15-7-16-12/h6,14H,2-5,7H2,1H3. The molecule has 16 heavy (non-hydrogen) atoms. The Morgan fingerprint density at radius 3 is 2.81 bits per heavy atom. The average Bonchev–Trinajstić information content (AvgIpc) is 2.76. The molecule has 0 aromatic heterocycles. The molecule has 1 N–H and O–H groups in total. The van der Waals surface area contributed by atoms with E-state index in [9.17, 15) is 0 Å². The first-order valence-electron chi connectivity index (χ1n) is 5.48. The molecule has 1 aromatic carbocycles. The number of rotatable bonds is 4. The van der Waals surface area contributed by atoms with Crippen LogP contribution in [0.4, 0.5) is 0 Å². The maximum Gasteiger partial charge on any atom is 0.231 e. The Kier molecular flexibility index (Phi) is 3.71. The molecule has 1 aliphatic rings. The fraction of sp³-hybridized carbons (Fsp3) is 0.500. The van der Waals surface area contributed by atoms with Gasteiger partial charge in [0.05, 0.1) is 4.47 Å². The Hall–Kier alpha value is -0.740. The number of hydrogen-bond acceptors (Lipinski definition) is 3. The van der Waals surface area contributed by atoms with E-state index in [0.29, 0.717) is 6.79 Å². The molecule has 0 bridgehead atoms. The molecule has 1 aromatic rings. The fourth-order valence-electron chi connectivity index (χ4n) is 2.01. The molecule has 0 unspecified atom stereocenters. The zero-order valence-electron chi connectivity index (χ0n) is 9.25. The van der Waals surface area contributed by atoms with E-state index in [1.54, 1.807) is 0 Å². The quantitative estimate of drug-likeness (QED) is 0.925. The van der Waals surface area contributed by atoms with Gasteiger partial charge in [0.25, 0.3) is 0 Å². The zero-order chi connectivity index (χ0) is 11.5. The predicted molar refractivity (Wildman–Crippen MR) is 65.0 cm³/mol. The Bertz CT molecular complexity index is 390. The average molecular weight is 287 g/mol. The SMILES string of the molecule is CCc1c(CCCO)cc(Br)c2c1OCO2. The molecule has 3 nitrogen and oxygen atoms in total. The van der Waals surface area contributed by atoms with Gasteiger partial charge in [-0.1, -0.05) is 6.92 Å². The lowest BCUT2D eigenvalue weighted by Crippen LogP contribution is -1.98. The molecule has 2 rings (SSSR count). The maximum atomic E-state index is 8.89. The van der Waals surface area contributed by atoms with Gasteiger partial charge in [0.1, 0.15) is 0 Å². The monoisotopic (exact) mass is 286 g/mol. The molecule has 1 heterocycles. The molecular weight excluding hydrogens is 272 g/mol. The summed E-state index contributed by atoms with van der Waals surface area (Å²) in [5.41, 5.74) is 2.43. The number of fused-ring (bicyclic) bond motifs is 1. The molecule has 0 saturated heterocycles. The summed E-state index contributed by atoms with van der Waals surface area (Å²) in [6.07, 6.45) is 2.56. The second-order valence-corrected chi connectivity index (χ2v) is 4.60. The highest BCUT2D eigenvalue weighted by Gasteiger charge is 2.22. The first-order valence-corrected chi connectivity index (χ1v) is 6.28. The van der Waals surface area contributed by atoms with Gasteiger partial charge >= 0.3 is 0 Å². The molecule has 0 spiro atoms. The number of benzene rings is 1. The van der Waals surface area contributed by atoms with Crippen LogP contribution < -0.4 is 9.47 Å². The van der Waals surface area contributed by atoms with Crippen LogP contribution >= 0.6 is 15.9 Å². The molecule has 0 amide bonds. The van der Waals surface area contributed by atoms with Crippen LogP contribution in [0.1, 0.15) is 24.5 Å². The van der Waals surface area contributed by atoms with E-state index in [1.807, 2.05) is 0 Å². The lowest BCUT2D eigenvalue weighted by molar-refractivity contribution is 0.173. The molecule has 88 valence electrons. The van der Waals surface area contributed by atoms with E-state index in [1.165, 1.54) is 11.1 Å². The number of hydrogen-bond donors (Lipinski definition) is 1. The molecule has 0 aliphatic carbocycles. The number of aryl methyl sites for hydroxylation is 1. The third kappa shape index (κ3) is 2.04. The van der Waals surface area contributed by atoms with Crippen molar-refractivity contribution in [1.82, 2.24) is 0 Å². The van der Waals surface area contributed by atoms with Crippen molar-refractivity contribution in [2.24, 2.45) is 0 Å². The largest absolute Gasteiger partial charge is 0.453 e. The molecular formula is C12H15BrO3. The van der Waals surface area contributed by atoms with Crippen LogP contribution in [0.5, 0.6) is 11.5 Å². The molecule has 0 fully saturated rings. The Balaban J connectivity index is 2.41. The zero-order valence-corrected chi connectivity index (χ0v) is 10.8. The minimum absolute atomic E-state index is 0.217. The number of aliphatic hydroxyl groups excluding tert-OH is 1. The first-order chi connectivity index (χ1) is 7.77. The molecule has 1 aliphatic heterocycles. The van der Waals surface area contributed by atoms with Crippen molar-refractivity contribution in [3.63, 3.8) is 0 Å². The van der Waals surface area contributed by atoms with Crippen molar-refractivity contribution < 1.29 is 14.6 Å². The number of halogens is 1. The maximum absolute atomic E-state index is 8.89. The Morgan fingerprint density at radius 2 is 2.12 bits per heavy atom. The smallest absolute Gasteiger partial charge is 0.231 e. The van der Waals surface area contributed by atoms with Crippen LogP contribution in [0.2, 0.25) is 0 Å². The highest BCUT2D eigenvalue weighted by molar-refractivity contribution is 9.10. The molecule has 0 radical (unpaired) electrons. The van der Waals surface area contributed by atoms with Crippen LogP contribution in [0.25, 0.3) is 0 Å². The number of aliphatic hydroxyl groups is 1. The van der Waals surface area contributed by atoms with Crippen LogP contribution in [0, 0.1) is 0 Å². The predicted octanol–water partition coefficient (Wildman–Crippen LogP) is 2.67. The van der Waals surface area contributed by atoms with Gasteiger partial charge in [-0.3, -0.25) is 0 Å². The minimum atomic E-state index is 0.217. The third-order valence-corrected chi connectivity index (χ3v) is 3.34. The van der Waals surface area contributed by atoms with Crippen LogP contribution in [0.15, 0.2) is 10.5 Å². The summed E-state index contributed by atoms with van der Waals surface area (Å²) in [5, 5.41) is 8.89. The second kappa shape index (κ2) is 5.06. The van der Waals surface area contributed by atoms with Crippen LogP contribution in [0.3, 0.4) is 0 Å². The van der Waals surface area contributed by atoms with Gasteiger partial charge in [0.2, 0.25) is 6.79 Å². The van der Waals surface area contributed by atoms with Gasteiger partial charge in [-0.05, 0) is 46.8 Å². The highest BCUT2D eigenvalue weighted by atomic mass is 79.9. The van der Waals surface area contributed by atoms with E-state index < -0.39 is 0 Å². The first kappa shape index (κ1) is 11.7. The highest BCUT2D eigenvalue weighted by Crippen LogP contribution is 2.44. The van der Waals surface area contributed by atoms with Crippen LogP contribution in [-0.2, 0) is 12.8 Å². The normalized spacial score (nSPS) is 13.2. The minimum Gasteiger partial charge on any atom is -0.453 e. The second-order valence-electron chi connectivity index (χ2n) is 3.74. The van der Waals surface area contributed by atoms with E-state index in [4.69, 9.17) is 14.6 Å². The molecule has 0 atom stereocenters. The van der Waals surface area contributed by atoms with Gasteiger partial charge in [0, 0.05) is 12.2 Å². The lowest BCUT2D eigenvalue weighted by atomic mass is 9.99. The van der Waals surface area contributed by atoms with Gasteiger partial charge in [0.15, 0.2) is 11.5 Å². The van der Waals surface area contributed by atoms with Gasteiger partial charge in [-0.15, -0.1) is 0 Å². The third-order valence-electron chi connectivity index (χ3n) is 2.75. The van der Waals surface area contributed by atoms with Gasteiger partial charge in [-0.25, -0.2) is 0 Å². The summed E-state index contributed by atoms with van der Waals surface area (Å²) in [6.45, 7) is 2.62. The van der Waals surface area contributed by atoms with Crippen LogP contribution in [-0.4, -0.2) is 18.5 Å². The molecule has 0 saturated carbocycles. The van der Waals surface area contributed by atoms with Crippen molar-refractivity contribution >= 4 is 15.9 Å². The van der Waals surface area contributed by atoms with Gasteiger partial charge < -0.3 is 14.6 Å². The summed E-state index contributed by atoms with van der Waals surface area (Å²) < 4.78 is 11.9. The summed E-state index contributed by atoms with van der Waals surface area (Å²) in [5.74, 6) is 1.68. The fourth-order valence-corrected chi connectivity index (χ4v) is 2.58. The van der Waals surface area contributed by atoms with E-state index in [2.05, 4.69) is 28.9 Å². The molecule has 4 heteroatoms. The van der Waals surface area contributed by atoms with Crippen molar-refractivity contribution in [1.29, 1.82) is 0 Å². The van der Waals surface area contributed by atoms with Gasteiger partial charge in [-0.2, -0.15) is 0 Å². The topological polar surface area (TPSA) is 38.7 Å².